The lowest BCUT2D eigenvalue weighted by Crippen LogP contribution is -2.32. The number of aromatic nitrogens is 4. The summed E-state index contributed by atoms with van der Waals surface area (Å²) < 4.78 is 3.20. The highest BCUT2D eigenvalue weighted by atomic mass is 32.1. The Hall–Kier alpha value is -1.99. The first-order valence-corrected chi connectivity index (χ1v) is 9.83. The van der Waals surface area contributed by atoms with Crippen LogP contribution in [0.2, 0.25) is 0 Å². The molecule has 0 radical (unpaired) electrons. The van der Waals surface area contributed by atoms with Gasteiger partial charge in [0.25, 0.3) is 0 Å². The van der Waals surface area contributed by atoms with Crippen molar-refractivity contribution in [2.24, 2.45) is 0 Å². The molecule has 0 atom stereocenters. The molecular weight excluding hydrogens is 338 g/mol. The van der Waals surface area contributed by atoms with E-state index in [0.29, 0.717) is 5.92 Å². The molecule has 1 fully saturated rings. The number of fused-ring (bicyclic) bond motifs is 2. The molecule has 4 heterocycles. The molecule has 4 aromatic rings. The van der Waals surface area contributed by atoms with Gasteiger partial charge in [-0.3, -0.25) is 0 Å². The number of hydrogen-bond acceptors (Lipinski definition) is 6. The number of aryl methyl sites for hydroxylation is 1. The first-order valence-electron chi connectivity index (χ1n) is 8.19. The lowest BCUT2D eigenvalue weighted by atomic mass is 9.98. The largest absolute Gasteiger partial charge is 0.347 e. The second-order valence-electron chi connectivity index (χ2n) is 6.28. The zero-order valence-electron chi connectivity index (χ0n) is 13.3. The van der Waals surface area contributed by atoms with Crippen molar-refractivity contribution in [1.29, 1.82) is 0 Å². The van der Waals surface area contributed by atoms with Crippen LogP contribution < -0.4 is 4.90 Å². The van der Waals surface area contributed by atoms with Crippen molar-refractivity contribution in [3.8, 4) is 0 Å². The van der Waals surface area contributed by atoms with Crippen LogP contribution in [0, 0.1) is 6.92 Å². The summed E-state index contributed by atoms with van der Waals surface area (Å²) in [4.78, 5) is 12.7. The molecule has 122 valence electrons. The molecule has 0 saturated carbocycles. The van der Waals surface area contributed by atoms with E-state index in [1.807, 2.05) is 29.0 Å². The van der Waals surface area contributed by atoms with E-state index in [1.54, 1.807) is 11.3 Å². The fourth-order valence-electron chi connectivity index (χ4n) is 3.31. The number of anilines is 1. The standard InChI is InChI=1S/C17H17N5S2/c1-11-10-22-16(18-11)24-17(20-22)21-8-6-12(7-9-21)15-19-13-4-2-3-5-14(13)23-15/h2-5,10,12H,6-9H2,1H3. The van der Waals surface area contributed by atoms with E-state index < -0.39 is 0 Å². The minimum Gasteiger partial charge on any atom is -0.347 e. The quantitative estimate of drug-likeness (QED) is 0.543. The van der Waals surface area contributed by atoms with Crippen LogP contribution in [0.4, 0.5) is 5.13 Å². The number of rotatable bonds is 2. The van der Waals surface area contributed by atoms with Gasteiger partial charge in [0.2, 0.25) is 10.1 Å². The molecule has 0 aliphatic carbocycles. The van der Waals surface area contributed by atoms with Gasteiger partial charge in [0, 0.05) is 19.0 Å². The van der Waals surface area contributed by atoms with E-state index in [2.05, 4.69) is 39.2 Å². The third kappa shape index (κ3) is 2.39. The Bertz CT molecular complexity index is 942. The lowest BCUT2D eigenvalue weighted by molar-refractivity contribution is 0.502. The maximum atomic E-state index is 4.84. The summed E-state index contributed by atoms with van der Waals surface area (Å²) in [6.07, 6.45) is 4.27. The maximum Gasteiger partial charge on any atom is 0.214 e. The summed E-state index contributed by atoms with van der Waals surface area (Å²) in [7, 11) is 0. The van der Waals surface area contributed by atoms with Crippen LogP contribution in [-0.2, 0) is 0 Å². The van der Waals surface area contributed by atoms with Gasteiger partial charge in [-0.05, 0) is 31.9 Å². The van der Waals surface area contributed by atoms with Gasteiger partial charge in [-0.2, -0.15) is 0 Å². The zero-order chi connectivity index (χ0) is 16.1. The fourth-order valence-corrected chi connectivity index (χ4v) is 5.43. The average molecular weight is 355 g/mol. The highest BCUT2D eigenvalue weighted by Crippen LogP contribution is 2.35. The van der Waals surface area contributed by atoms with E-state index >= 15 is 0 Å². The van der Waals surface area contributed by atoms with Crippen LogP contribution in [0.1, 0.15) is 29.5 Å². The van der Waals surface area contributed by atoms with Gasteiger partial charge < -0.3 is 4.90 Å². The molecule has 1 aromatic carbocycles. The van der Waals surface area contributed by atoms with Crippen molar-refractivity contribution in [3.05, 3.63) is 41.2 Å². The monoisotopic (exact) mass is 355 g/mol. The minimum absolute atomic E-state index is 0.574. The highest BCUT2D eigenvalue weighted by molar-refractivity contribution is 7.20. The predicted octanol–water partition coefficient (Wildman–Crippen LogP) is 4.09. The third-order valence-electron chi connectivity index (χ3n) is 4.58. The van der Waals surface area contributed by atoms with Gasteiger partial charge >= 0.3 is 0 Å². The number of thiazole rings is 1. The van der Waals surface area contributed by atoms with E-state index in [0.717, 1.165) is 47.2 Å². The molecule has 7 heteroatoms. The van der Waals surface area contributed by atoms with Crippen molar-refractivity contribution in [1.82, 2.24) is 19.6 Å². The van der Waals surface area contributed by atoms with Crippen LogP contribution in [0.5, 0.6) is 0 Å². The number of hydrogen-bond donors (Lipinski definition) is 0. The normalized spacial score (nSPS) is 16.5. The molecule has 1 aliphatic heterocycles. The predicted molar refractivity (Wildman–Crippen MR) is 99.4 cm³/mol. The van der Waals surface area contributed by atoms with Crippen molar-refractivity contribution >= 4 is 43.0 Å². The summed E-state index contributed by atoms with van der Waals surface area (Å²) in [5, 5.41) is 7.05. The second-order valence-corrected chi connectivity index (χ2v) is 8.27. The Labute approximate surface area is 147 Å². The number of piperidine rings is 1. The first kappa shape index (κ1) is 14.4. The SMILES string of the molecule is Cc1cn2nc(N3CCC(c4nc5ccccc5s4)CC3)sc2n1. The summed E-state index contributed by atoms with van der Waals surface area (Å²) in [6, 6.07) is 8.43. The average Bonchev–Trinajstić information content (AvgIpc) is 3.26. The molecular formula is C17H17N5S2. The number of nitrogens with zero attached hydrogens (tertiary/aromatic N) is 5. The van der Waals surface area contributed by atoms with Crippen molar-refractivity contribution < 1.29 is 0 Å². The summed E-state index contributed by atoms with van der Waals surface area (Å²) >= 11 is 3.53. The lowest BCUT2D eigenvalue weighted by Gasteiger charge is -2.30. The van der Waals surface area contributed by atoms with Gasteiger partial charge in [0.05, 0.1) is 27.1 Å². The molecule has 1 aliphatic rings. The molecule has 0 spiro atoms. The number of imidazole rings is 1. The molecule has 5 rings (SSSR count). The van der Waals surface area contributed by atoms with Crippen LogP contribution in [0.15, 0.2) is 30.5 Å². The minimum atomic E-state index is 0.574. The summed E-state index contributed by atoms with van der Waals surface area (Å²) in [6.45, 7) is 4.08. The van der Waals surface area contributed by atoms with Gasteiger partial charge in [-0.25, -0.2) is 14.5 Å². The molecule has 0 amide bonds. The Kier molecular flexibility index (Phi) is 3.31. The molecule has 0 unspecified atom stereocenters. The van der Waals surface area contributed by atoms with Crippen molar-refractivity contribution in [3.63, 3.8) is 0 Å². The molecule has 1 saturated heterocycles. The molecule has 0 N–H and O–H groups in total. The topological polar surface area (TPSA) is 46.3 Å². The Morgan fingerprint density at radius 1 is 1.08 bits per heavy atom. The molecule has 5 nitrogen and oxygen atoms in total. The van der Waals surface area contributed by atoms with E-state index in [4.69, 9.17) is 4.98 Å². The van der Waals surface area contributed by atoms with E-state index in [1.165, 1.54) is 9.71 Å². The smallest absolute Gasteiger partial charge is 0.214 e. The zero-order valence-corrected chi connectivity index (χ0v) is 15.0. The Morgan fingerprint density at radius 3 is 2.71 bits per heavy atom. The van der Waals surface area contributed by atoms with Crippen molar-refractivity contribution in [2.75, 3.05) is 18.0 Å². The van der Waals surface area contributed by atoms with Crippen molar-refractivity contribution in [2.45, 2.75) is 25.7 Å². The van der Waals surface area contributed by atoms with Gasteiger partial charge in [-0.15, -0.1) is 16.4 Å². The van der Waals surface area contributed by atoms with Crippen LogP contribution in [0.25, 0.3) is 15.2 Å². The number of benzene rings is 1. The third-order valence-corrected chi connectivity index (χ3v) is 6.76. The van der Waals surface area contributed by atoms with Crippen LogP contribution >= 0.6 is 22.7 Å². The number of para-hydroxylation sites is 1. The Morgan fingerprint density at radius 2 is 1.92 bits per heavy atom. The Balaban J connectivity index is 1.33. The van der Waals surface area contributed by atoms with Crippen LogP contribution in [-0.4, -0.2) is 32.7 Å². The van der Waals surface area contributed by atoms with E-state index in [-0.39, 0.29) is 0 Å². The van der Waals surface area contributed by atoms with Gasteiger partial charge in [0.15, 0.2) is 0 Å². The first-order chi connectivity index (χ1) is 11.8. The molecule has 24 heavy (non-hydrogen) atoms. The fraction of sp³-hybridized carbons (Fsp3) is 0.353. The van der Waals surface area contributed by atoms with E-state index in [9.17, 15) is 0 Å². The summed E-state index contributed by atoms with van der Waals surface area (Å²) in [5.41, 5.74) is 2.16. The van der Waals surface area contributed by atoms with Gasteiger partial charge in [0.1, 0.15) is 0 Å². The molecule has 3 aromatic heterocycles. The van der Waals surface area contributed by atoms with Gasteiger partial charge in [-0.1, -0.05) is 23.5 Å². The second kappa shape index (κ2) is 5.53. The van der Waals surface area contributed by atoms with Crippen LogP contribution in [0.3, 0.4) is 0 Å². The summed E-state index contributed by atoms with van der Waals surface area (Å²) in [5.74, 6) is 0.574. The highest BCUT2D eigenvalue weighted by Gasteiger charge is 2.25. The molecule has 0 bridgehead atoms. The maximum absolute atomic E-state index is 4.84.